The largest absolute Gasteiger partial charge is 0.342 e. The van der Waals surface area contributed by atoms with E-state index in [0.717, 1.165) is 22.0 Å². The molecule has 0 spiro atoms. The van der Waals surface area contributed by atoms with E-state index >= 15 is 0 Å². The summed E-state index contributed by atoms with van der Waals surface area (Å²) in [5.41, 5.74) is 1.95. The van der Waals surface area contributed by atoms with Gasteiger partial charge in [0.05, 0.1) is 11.4 Å². The number of rotatable bonds is 7. The molecule has 0 unspecified atom stereocenters. The third-order valence-electron chi connectivity index (χ3n) is 3.62. The van der Waals surface area contributed by atoms with E-state index < -0.39 is 0 Å². The molecule has 0 aliphatic carbocycles. The molecule has 1 aromatic carbocycles. The predicted octanol–water partition coefficient (Wildman–Crippen LogP) is 3.45. The van der Waals surface area contributed by atoms with E-state index in [1.54, 1.807) is 35.3 Å². The van der Waals surface area contributed by atoms with E-state index in [2.05, 4.69) is 9.97 Å². The van der Waals surface area contributed by atoms with Crippen LogP contribution in [0.1, 0.15) is 18.2 Å². The van der Waals surface area contributed by atoms with Gasteiger partial charge in [-0.25, -0.2) is 0 Å². The first-order valence-electron chi connectivity index (χ1n) is 7.39. The van der Waals surface area contributed by atoms with Gasteiger partial charge in [0.15, 0.2) is 0 Å². The molecule has 1 aromatic heterocycles. The summed E-state index contributed by atoms with van der Waals surface area (Å²) in [6, 6.07) is 7.80. The van der Waals surface area contributed by atoms with Crippen molar-refractivity contribution in [3.63, 3.8) is 0 Å². The number of likely N-dealkylation sites (N-methyl/N-ethyl adjacent to an activating group) is 1. The fourth-order valence-electron chi connectivity index (χ4n) is 2.09. The lowest BCUT2D eigenvalue weighted by molar-refractivity contribution is -0.128. The summed E-state index contributed by atoms with van der Waals surface area (Å²) in [6.45, 7) is 2.02. The SMILES string of the molecule is C[C@H](Cc1cnccn1)N(C)C(=O)CSCc1ccccc1Cl. The Kier molecular flexibility index (Phi) is 6.86. The van der Waals surface area contributed by atoms with E-state index in [9.17, 15) is 4.79 Å². The van der Waals surface area contributed by atoms with Gasteiger partial charge in [0.1, 0.15) is 0 Å². The number of carbonyl (C=O) groups is 1. The van der Waals surface area contributed by atoms with Crippen LogP contribution in [0.15, 0.2) is 42.9 Å². The van der Waals surface area contributed by atoms with Crippen LogP contribution < -0.4 is 0 Å². The number of carbonyl (C=O) groups excluding carboxylic acids is 1. The smallest absolute Gasteiger partial charge is 0.232 e. The lowest BCUT2D eigenvalue weighted by Gasteiger charge is -2.24. The summed E-state index contributed by atoms with van der Waals surface area (Å²) >= 11 is 7.70. The van der Waals surface area contributed by atoms with Gasteiger partial charge in [-0.05, 0) is 18.6 Å². The van der Waals surface area contributed by atoms with Crippen molar-refractivity contribution in [3.8, 4) is 0 Å². The molecule has 0 saturated heterocycles. The lowest BCUT2D eigenvalue weighted by atomic mass is 10.1. The second-order valence-corrected chi connectivity index (χ2v) is 6.73. The molecule has 122 valence electrons. The number of aromatic nitrogens is 2. The number of hydrogen-bond acceptors (Lipinski definition) is 4. The maximum atomic E-state index is 12.3. The molecule has 2 aromatic rings. The van der Waals surface area contributed by atoms with Crippen molar-refractivity contribution in [1.29, 1.82) is 0 Å². The van der Waals surface area contributed by atoms with Crippen molar-refractivity contribution in [2.75, 3.05) is 12.8 Å². The molecule has 1 amide bonds. The minimum atomic E-state index is 0.0834. The highest BCUT2D eigenvalue weighted by Crippen LogP contribution is 2.21. The summed E-state index contributed by atoms with van der Waals surface area (Å²) in [4.78, 5) is 22.4. The summed E-state index contributed by atoms with van der Waals surface area (Å²) < 4.78 is 0. The van der Waals surface area contributed by atoms with Crippen LogP contribution in [-0.4, -0.2) is 39.6 Å². The predicted molar refractivity (Wildman–Crippen MR) is 95.6 cm³/mol. The molecule has 2 rings (SSSR count). The molecule has 0 N–H and O–H groups in total. The highest BCUT2D eigenvalue weighted by Gasteiger charge is 2.16. The number of thioether (sulfide) groups is 1. The monoisotopic (exact) mass is 349 g/mol. The van der Waals surface area contributed by atoms with Crippen LogP contribution in [0.3, 0.4) is 0 Å². The van der Waals surface area contributed by atoms with Gasteiger partial charge in [-0.15, -0.1) is 11.8 Å². The van der Waals surface area contributed by atoms with Crippen LogP contribution in [0, 0.1) is 0 Å². The second-order valence-electron chi connectivity index (χ2n) is 5.34. The maximum Gasteiger partial charge on any atom is 0.232 e. The van der Waals surface area contributed by atoms with Crippen molar-refractivity contribution in [2.24, 2.45) is 0 Å². The maximum absolute atomic E-state index is 12.3. The van der Waals surface area contributed by atoms with Crippen LogP contribution in [-0.2, 0) is 17.0 Å². The van der Waals surface area contributed by atoms with Gasteiger partial charge in [-0.1, -0.05) is 29.8 Å². The molecule has 0 fully saturated rings. The standard InChI is InChI=1S/C17H20ClN3OS/c1-13(9-15-10-19-7-8-20-15)21(2)17(22)12-23-11-14-5-3-4-6-16(14)18/h3-8,10,13H,9,11-12H2,1-2H3/t13-/m1/s1. The Bertz CT molecular complexity index is 639. The van der Waals surface area contributed by atoms with E-state index in [0.29, 0.717) is 12.2 Å². The molecule has 0 radical (unpaired) electrons. The fourth-order valence-corrected chi connectivity index (χ4v) is 3.32. The van der Waals surface area contributed by atoms with E-state index in [1.165, 1.54) is 0 Å². The summed E-state index contributed by atoms with van der Waals surface area (Å²) in [5, 5.41) is 0.747. The van der Waals surface area contributed by atoms with Crippen LogP contribution in [0.5, 0.6) is 0 Å². The van der Waals surface area contributed by atoms with Crippen molar-refractivity contribution in [2.45, 2.75) is 25.1 Å². The van der Waals surface area contributed by atoms with E-state index in [4.69, 9.17) is 11.6 Å². The van der Waals surface area contributed by atoms with Crippen molar-refractivity contribution in [1.82, 2.24) is 14.9 Å². The molecule has 0 saturated carbocycles. The summed E-state index contributed by atoms with van der Waals surface area (Å²) in [5.74, 6) is 1.28. The highest BCUT2D eigenvalue weighted by molar-refractivity contribution is 7.99. The van der Waals surface area contributed by atoms with Gasteiger partial charge < -0.3 is 4.90 Å². The van der Waals surface area contributed by atoms with Crippen molar-refractivity contribution >= 4 is 29.3 Å². The molecule has 6 heteroatoms. The van der Waals surface area contributed by atoms with Crippen LogP contribution in [0.4, 0.5) is 0 Å². The minimum Gasteiger partial charge on any atom is -0.342 e. The number of nitrogens with zero attached hydrogens (tertiary/aromatic N) is 3. The molecule has 4 nitrogen and oxygen atoms in total. The van der Waals surface area contributed by atoms with Gasteiger partial charge in [0.2, 0.25) is 5.91 Å². The Hall–Kier alpha value is -1.59. The Labute approximate surface area is 146 Å². The van der Waals surface area contributed by atoms with Gasteiger partial charge in [0.25, 0.3) is 0 Å². The van der Waals surface area contributed by atoms with Crippen molar-refractivity contribution in [3.05, 3.63) is 59.1 Å². The molecule has 23 heavy (non-hydrogen) atoms. The lowest BCUT2D eigenvalue weighted by Crippen LogP contribution is -2.37. The fraction of sp³-hybridized carbons (Fsp3) is 0.353. The highest BCUT2D eigenvalue weighted by atomic mass is 35.5. The topological polar surface area (TPSA) is 46.1 Å². The Balaban J connectivity index is 1.79. The number of benzene rings is 1. The van der Waals surface area contributed by atoms with Crippen LogP contribution >= 0.6 is 23.4 Å². The Morgan fingerprint density at radius 2 is 2.13 bits per heavy atom. The molecule has 1 atom stereocenters. The second kappa shape index (κ2) is 8.89. The average Bonchev–Trinajstić information content (AvgIpc) is 2.56. The number of amides is 1. The number of hydrogen-bond donors (Lipinski definition) is 0. The molecule has 1 heterocycles. The molecular weight excluding hydrogens is 330 g/mol. The first kappa shape index (κ1) is 17.8. The normalized spacial score (nSPS) is 12.0. The van der Waals surface area contributed by atoms with Crippen molar-refractivity contribution < 1.29 is 4.79 Å². The van der Waals surface area contributed by atoms with Crippen LogP contribution in [0.25, 0.3) is 0 Å². The van der Waals surface area contributed by atoms with Gasteiger partial charge in [0, 0.05) is 48.9 Å². The van der Waals surface area contributed by atoms with Gasteiger partial charge in [-0.3, -0.25) is 14.8 Å². The first-order chi connectivity index (χ1) is 11.1. The zero-order valence-electron chi connectivity index (χ0n) is 13.3. The quantitative estimate of drug-likeness (QED) is 0.768. The Morgan fingerprint density at radius 3 is 2.83 bits per heavy atom. The first-order valence-corrected chi connectivity index (χ1v) is 8.93. The van der Waals surface area contributed by atoms with Gasteiger partial charge in [-0.2, -0.15) is 0 Å². The van der Waals surface area contributed by atoms with E-state index in [-0.39, 0.29) is 11.9 Å². The average molecular weight is 350 g/mol. The third-order valence-corrected chi connectivity index (χ3v) is 4.95. The molecule has 0 bridgehead atoms. The molecule has 0 aliphatic heterocycles. The summed E-state index contributed by atoms with van der Waals surface area (Å²) in [6.07, 6.45) is 5.75. The zero-order chi connectivity index (χ0) is 16.7. The summed E-state index contributed by atoms with van der Waals surface area (Å²) in [7, 11) is 1.83. The third kappa shape index (κ3) is 5.52. The van der Waals surface area contributed by atoms with Crippen LogP contribution in [0.2, 0.25) is 5.02 Å². The number of halogens is 1. The zero-order valence-corrected chi connectivity index (χ0v) is 14.8. The molecule has 0 aliphatic rings. The Morgan fingerprint density at radius 1 is 1.35 bits per heavy atom. The van der Waals surface area contributed by atoms with E-state index in [1.807, 2.05) is 38.2 Å². The minimum absolute atomic E-state index is 0.0834. The van der Waals surface area contributed by atoms with Gasteiger partial charge >= 0.3 is 0 Å². The molecular formula is C17H20ClN3OS.